The molecule has 214 valence electrons. The van der Waals surface area contributed by atoms with Gasteiger partial charge in [-0.15, -0.1) is 0 Å². The summed E-state index contributed by atoms with van der Waals surface area (Å²) in [6.45, 7) is 7.76. The van der Waals surface area contributed by atoms with E-state index >= 15 is 0 Å². The molecule has 8 rings (SSSR count). The van der Waals surface area contributed by atoms with Crippen molar-refractivity contribution in [2.45, 2.75) is 13.8 Å². The van der Waals surface area contributed by atoms with Crippen molar-refractivity contribution in [2.75, 3.05) is 7.05 Å². The molecular weight excluding hydrogens is 540 g/mol. The van der Waals surface area contributed by atoms with E-state index in [9.17, 15) is 0 Å². The summed E-state index contributed by atoms with van der Waals surface area (Å²) in [5.41, 5.74) is 11.4. The fourth-order valence-corrected chi connectivity index (χ4v) is 5.93. The van der Waals surface area contributed by atoms with Crippen molar-refractivity contribution < 1.29 is 0 Å². The Morgan fingerprint density at radius 1 is 0.659 bits per heavy atom. The number of benzene rings is 5. The number of nitrogens with zero attached hydrogens (tertiary/aromatic N) is 6. The quantitative estimate of drug-likeness (QED) is 0.154. The summed E-state index contributed by atoms with van der Waals surface area (Å²) in [6.07, 6.45) is 0. The molecule has 0 aliphatic heterocycles. The molecule has 3 aromatic heterocycles. The van der Waals surface area contributed by atoms with Gasteiger partial charge >= 0.3 is 0 Å². The van der Waals surface area contributed by atoms with Crippen LogP contribution in [0.1, 0.15) is 16.7 Å². The van der Waals surface area contributed by atoms with Crippen molar-refractivity contribution in [3.05, 3.63) is 144 Å². The van der Waals surface area contributed by atoms with Gasteiger partial charge in [0, 0.05) is 29.4 Å². The number of aliphatic imine (C=N–C) groups is 2. The maximum absolute atomic E-state index is 5.11. The standard InChI is InChI=1S/C29H22N4.C9H10N2/c1-19-16-17-22(18-20(19)2)32-27-23-12-6-8-14-25(23)31(21-10-4-3-5-11-21)28(27)33-26-15-9-7-13-24(26)30-29(32)33;1-10-9(11-2)8-6-4-3-5-7-8/h3-18H,1-2H3;3-7H,1H2,2H3. The van der Waals surface area contributed by atoms with E-state index in [2.05, 4.69) is 141 Å². The molecule has 0 unspecified atom stereocenters. The van der Waals surface area contributed by atoms with Gasteiger partial charge in [0.1, 0.15) is 5.52 Å². The van der Waals surface area contributed by atoms with Crippen LogP contribution in [0.3, 0.4) is 0 Å². The summed E-state index contributed by atoms with van der Waals surface area (Å²) in [6, 6.07) is 44.1. The molecule has 0 saturated carbocycles. The number of aryl methyl sites for hydroxylation is 2. The number of rotatable bonds is 3. The molecule has 0 spiro atoms. The first-order valence-electron chi connectivity index (χ1n) is 14.6. The molecule has 44 heavy (non-hydrogen) atoms. The maximum Gasteiger partial charge on any atom is 0.221 e. The van der Waals surface area contributed by atoms with Gasteiger partial charge in [-0.1, -0.05) is 84.9 Å². The first-order valence-corrected chi connectivity index (χ1v) is 14.6. The van der Waals surface area contributed by atoms with Gasteiger partial charge in [-0.3, -0.25) is 18.5 Å². The summed E-state index contributed by atoms with van der Waals surface area (Å²) in [7, 11) is 1.71. The Morgan fingerprint density at radius 3 is 2.02 bits per heavy atom. The summed E-state index contributed by atoms with van der Waals surface area (Å²) < 4.78 is 7.00. The number of fused-ring (bicyclic) bond motifs is 7. The van der Waals surface area contributed by atoms with E-state index in [0.29, 0.717) is 5.84 Å². The van der Waals surface area contributed by atoms with E-state index in [4.69, 9.17) is 4.98 Å². The van der Waals surface area contributed by atoms with Gasteiger partial charge in [0.25, 0.3) is 0 Å². The molecule has 0 amide bonds. The molecular formula is C38H32N6. The van der Waals surface area contributed by atoms with Crippen LogP contribution < -0.4 is 0 Å². The lowest BCUT2D eigenvalue weighted by Gasteiger charge is -2.08. The first kappa shape index (κ1) is 27.1. The van der Waals surface area contributed by atoms with Crippen molar-refractivity contribution in [2.24, 2.45) is 9.98 Å². The van der Waals surface area contributed by atoms with E-state index < -0.39 is 0 Å². The fraction of sp³-hybridized carbons (Fsp3) is 0.0789. The van der Waals surface area contributed by atoms with Gasteiger partial charge in [0.05, 0.1) is 16.6 Å². The molecule has 0 radical (unpaired) electrons. The summed E-state index contributed by atoms with van der Waals surface area (Å²) >= 11 is 0. The molecule has 8 aromatic rings. The third kappa shape index (κ3) is 4.39. The Balaban J connectivity index is 0.000000242. The smallest absolute Gasteiger partial charge is 0.221 e. The minimum absolute atomic E-state index is 0.686. The zero-order valence-electron chi connectivity index (χ0n) is 25.0. The van der Waals surface area contributed by atoms with Crippen LogP contribution in [-0.2, 0) is 0 Å². The number of amidine groups is 1. The van der Waals surface area contributed by atoms with E-state index in [1.165, 1.54) is 27.5 Å². The molecule has 5 aromatic carbocycles. The summed E-state index contributed by atoms with van der Waals surface area (Å²) in [5, 5.41) is 1.21. The topological polar surface area (TPSA) is 51.9 Å². The van der Waals surface area contributed by atoms with Crippen LogP contribution in [0.25, 0.3) is 50.3 Å². The largest absolute Gasteiger partial charge is 0.294 e. The van der Waals surface area contributed by atoms with Crippen LogP contribution in [0.4, 0.5) is 0 Å². The molecule has 0 aliphatic carbocycles. The maximum atomic E-state index is 5.11. The monoisotopic (exact) mass is 572 g/mol. The highest BCUT2D eigenvalue weighted by Crippen LogP contribution is 2.38. The molecule has 0 N–H and O–H groups in total. The van der Waals surface area contributed by atoms with Crippen molar-refractivity contribution in [1.29, 1.82) is 0 Å². The second-order valence-electron chi connectivity index (χ2n) is 10.8. The minimum Gasteiger partial charge on any atom is -0.294 e. The number of para-hydroxylation sites is 4. The zero-order valence-corrected chi connectivity index (χ0v) is 25.0. The number of aromatic nitrogens is 4. The Morgan fingerprint density at radius 2 is 1.32 bits per heavy atom. The molecule has 6 heteroatoms. The summed E-state index contributed by atoms with van der Waals surface area (Å²) in [4.78, 5) is 12.8. The van der Waals surface area contributed by atoms with Crippen molar-refractivity contribution >= 4 is 51.4 Å². The summed E-state index contributed by atoms with van der Waals surface area (Å²) in [5.74, 6) is 1.62. The third-order valence-electron chi connectivity index (χ3n) is 8.16. The molecule has 3 heterocycles. The van der Waals surface area contributed by atoms with Crippen molar-refractivity contribution in [3.8, 4) is 11.4 Å². The van der Waals surface area contributed by atoms with Crippen LogP contribution in [0.2, 0.25) is 0 Å². The number of hydrogen-bond donors (Lipinski definition) is 0. The lowest BCUT2D eigenvalue weighted by molar-refractivity contribution is 1.08. The van der Waals surface area contributed by atoms with Gasteiger partial charge in [-0.2, -0.15) is 0 Å². The van der Waals surface area contributed by atoms with Crippen molar-refractivity contribution in [1.82, 2.24) is 18.5 Å². The highest BCUT2D eigenvalue weighted by Gasteiger charge is 2.24. The molecule has 0 atom stereocenters. The average molecular weight is 573 g/mol. The average Bonchev–Trinajstić information content (AvgIpc) is 3.70. The van der Waals surface area contributed by atoms with Crippen LogP contribution in [0.5, 0.6) is 0 Å². The third-order valence-corrected chi connectivity index (χ3v) is 8.16. The molecule has 6 nitrogen and oxygen atoms in total. The van der Waals surface area contributed by atoms with E-state index in [1.54, 1.807) is 7.05 Å². The zero-order chi connectivity index (χ0) is 30.2. The Labute approximate surface area is 255 Å². The molecule has 0 aliphatic rings. The predicted octanol–water partition coefficient (Wildman–Crippen LogP) is 8.76. The molecule has 0 saturated heterocycles. The first-order chi connectivity index (χ1) is 21.6. The normalized spacial score (nSPS) is 11.8. The van der Waals surface area contributed by atoms with Gasteiger partial charge in [0.2, 0.25) is 5.78 Å². The molecule has 0 fully saturated rings. The van der Waals surface area contributed by atoms with Crippen LogP contribution >= 0.6 is 0 Å². The van der Waals surface area contributed by atoms with Gasteiger partial charge in [0.15, 0.2) is 11.5 Å². The second-order valence-corrected chi connectivity index (χ2v) is 10.8. The van der Waals surface area contributed by atoms with Gasteiger partial charge in [-0.05, 0) is 74.2 Å². The Bertz CT molecular complexity index is 2320. The number of hydrogen-bond acceptors (Lipinski definition) is 2. The van der Waals surface area contributed by atoms with E-state index in [1.807, 2.05) is 30.3 Å². The Hall–Kier alpha value is -5.75. The van der Waals surface area contributed by atoms with Crippen molar-refractivity contribution in [3.63, 3.8) is 0 Å². The predicted molar refractivity (Wildman–Crippen MR) is 184 cm³/mol. The van der Waals surface area contributed by atoms with Gasteiger partial charge in [-0.25, -0.2) is 9.98 Å². The second kappa shape index (κ2) is 11.2. The van der Waals surface area contributed by atoms with Crippen LogP contribution in [-0.4, -0.2) is 38.1 Å². The van der Waals surface area contributed by atoms with E-state index in [-0.39, 0.29) is 0 Å². The fourth-order valence-electron chi connectivity index (χ4n) is 5.93. The van der Waals surface area contributed by atoms with E-state index in [0.717, 1.165) is 39.4 Å². The number of imidazole rings is 2. The molecule has 0 bridgehead atoms. The lowest BCUT2D eigenvalue weighted by atomic mass is 10.1. The Kier molecular flexibility index (Phi) is 6.87. The van der Waals surface area contributed by atoms with Crippen LogP contribution in [0, 0.1) is 13.8 Å². The highest BCUT2D eigenvalue weighted by molar-refractivity contribution is 6.10. The lowest BCUT2D eigenvalue weighted by Crippen LogP contribution is -1.97. The minimum atomic E-state index is 0.686. The van der Waals surface area contributed by atoms with Crippen LogP contribution in [0.15, 0.2) is 137 Å². The highest BCUT2D eigenvalue weighted by atomic mass is 15.3. The van der Waals surface area contributed by atoms with Gasteiger partial charge < -0.3 is 0 Å². The SMILES string of the molecule is C=NC(=NC)c1ccccc1.Cc1ccc(-n2c3c4ccccc4n(-c4ccccc4)c3n3c4ccccc4nc23)cc1C.